The second-order valence-corrected chi connectivity index (χ2v) is 3.34. The zero-order chi connectivity index (χ0) is 16.3. The van der Waals surface area contributed by atoms with Crippen LogP contribution in [0.5, 0.6) is 0 Å². The van der Waals surface area contributed by atoms with E-state index in [-0.39, 0.29) is 34.7 Å². The molecule has 116 valence electrons. The first-order chi connectivity index (χ1) is 8.61. The van der Waals surface area contributed by atoms with Crippen LogP contribution in [-0.4, -0.2) is 60.9 Å². The minimum atomic E-state index is -3.37. The van der Waals surface area contributed by atoms with Crippen LogP contribution in [-0.2, 0) is 13.7 Å². The molecule has 0 aliphatic heterocycles. The van der Waals surface area contributed by atoms with Crippen LogP contribution >= 0.6 is 24.8 Å². The molecule has 0 fully saturated rings. The van der Waals surface area contributed by atoms with E-state index < -0.39 is 24.8 Å². The van der Waals surface area contributed by atoms with Crippen LogP contribution in [0.3, 0.4) is 0 Å². The first-order valence-electron chi connectivity index (χ1n) is 4.17. The summed E-state index contributed by atoms with van der Waals surface area (Å²) in [5.74, 6) is 0. The van der Waals surface area contributed by atoms with Crippen LogP contribution in [0, 0.1) is 0 Å². The third-order valence-electron chi connectivity index (χ3n) is 0.642. The molecule has 0 aromatic carbocycles. The fourth-order valence-corrected chi connectivity index (χ4v) is 0.329. The van der Waals surface area contributed by atoms with Gasteiger partial charge in [0, 0.05) is 26.2 Å². The van der Waals surface area contributed by atoms with Gasteiger partial charge < -0.3 is 46.1 Å². The summed E-state index contributed by atoms with van der Waals surface area (Å²) in [7, 11) is -10.1. The summed E-state index contributed by atoms with van der Waals surface area (Å²) in [6.45, 7) is 3.13. The van der Waals surface area contributed by atoms with Gasteiger partial charge >= 0.3 is 34.7 Å². The molecule has 5 N–H and O–H groups in total. The summed E-state index contributed by atoms with van der Waals surface area (Å²) < 4.78 is 25.4. The Morgan fingerprint density at radius 3 is 0.905 bits per heavy atom. The summed E-state index contributed by atoms with van der Waals surface area (Å²) >= 11 is 0. The fourth-order valence-electron chi connectivity index (χ4n) is 0.329. The van der Waals surface area contributed by atoms with Crippen molar-refractivity contribution < 1.29 is 43.1 Å². The topological polar surface area (TPSA) is 254 Å². The third kappa shape index (κ3) is 303. The van der Waals surface area contributed by atoms with Gasteiger partial charge in [-0.2, -0.15) is 0 Å². The average molecular weight is 394 g/mol. The molecule has 0 saturated heterocycles. The van der Waals surface area contributed by atoms with Crippen molar-refractivity contribution in [2.45, 2.75) is 0 Å². The molecule has 0 aliphatic carbocycles. The van der Waals surface area contributed by atoms with E-state index in [4.69, 9.17) is 54.5 Å². The van der Waals surface area contributed by atoms with Crippen LogP contribution in [0.15, 0.2) is 0 Å². The second kappa shape index (κ2) is 37.3. The molecule has 0 atom stereocenters. The average Bonchev–Trinajstić information content (AvgIpc) is 2.15. The van der Waals surface area contributed by atoms with Crippen molar-refractivity contribution in [3.05, 3.63) is 0 Å². The van der Waals surface area contributed by atoms with Crippen LogP contribution in [0.2, 0.25) is 0 Å². The Hall–Kier alpha value is 1.00. The minimum Gasteiger partial charge on any atom is -0.598 e. The summed E-state index contributed by atoms with van der Waals surface area (Å²) in [5.41, 5.74) is 10.3. The maximum atomic E-state index is 8.48. The van der Waals surface area contributed by atoms with Crippen LogP contribution in [0.25, 0.3) is 0 Å². The normalized spacial score (nSPS) is 6.86. The summed E-state index contributed by atoms with van der Waals surface area (Å²) in [6.07, 6.45) is 0. The molecule has 0 aliphatic rings. The van der Waals surface area contributed by atoms with Crippen LogP contribution in [0.1, 0.15) is 0 Å². The maximum absolute atomic E-state index is 8.48. The van der Waals surface area contributed by atoms with Gasteiger partial charge in [-0.15, -0.1) is 0 Å². The van der Waals surface area contributed by atoms with E-state index >= 15 is 0 Å². The third-order valence-corrected chi connectivity index (χ3v) is 0.642. The van der Waals surface area contributed by atoms with Gasteiger partial charge in [0.1, 0.15) is 0 Å². The van der Waals surface area contributed by atoms with Gasteiger partial charge in [-0.25, -0.2) is 0 Å². The van der Waals surface area contributed by atoms with Gasteiger partial charge in [-0.3, -0.25) is 0 Å². The minimum absolute atomic E-state index is 0. The van der Waals surface area contributed by atoms with Gasteiger partial charge in [0.05, 0.1) is 0 Å². The molecular formula is C4H13Al2N3O9P3+3. The largest absolute Gasteiger partial charge is 3.00 e. The predicted molar refractivity (Wildman–Crippen MR) is 65.3 cm³/mol. The van der Waals surface area contributed by atoms with Gasteiger partial charge in [0.15, 0.2) is 0 Å². The molecule has 0 heterocycles. The summed E-state index contributed by atoms with van der Waals surface area (Å²) in [4.78, 5) is 50.9. The summed E-state index contributed by atoms with van der Waals surface area (Å²) in [5, 5.41) is 3.03. The molecule has 0 amide bonds. The van der Waals surface area contributed by atoms with Crippen molar-refractivity contribution >= 4 is 59.5 Å². The molecule has 0 aromatic rings. The molecule has 0 radical (unpaired) electrons. The Labute approximate surface area is 145 Å². The Morgan fingerprint density at radius 1 is 0.667 bits per heavy atom. The number of hydrogen-bond donors (Lipinski definition) is 3. The molecular weight excluding hydrogens is 381 g/mol. The van der Waals surface area contributed by atoms with Crippen LogP contribution in [0.4, 0.5) is 0 Å². The zero-order valence-electron chi connectivity index (χ0n) is 10.7. The van der Waals surface area contributed by atoms with E-state index in [0.717, 1.165) is 13.1 Å². The SMILES string of the molecule is NCCNCCN.O=[P+]([O-])[O-].O=[P+]([O-])[O-].O=[P+]([O-])[O-].[Al+3].[Al+3]. The van der Waals surface area contributed by atoms with Crippen molar-refractivity contribution in [3.63, 3.8) is 0 Å². The molecule has 0 aromatic heterocycles. The summed E-state index contributed by atoms with van der Waals surface area (Å²) in [6, 6.07) is 0. The molecule has 0 spiro atoms. The maximum Gasteiger partial charge on any atom is 3.00 e. The van der Waals surface area contributed by atoms with Gasteiger partial charge in [0.25, 0.3) is 24.8 Å². The molecule has 0 unspecified atom stereocenters. The van der Waals surface area contributed by atoms with Crippen molar-refractivity contribution in [2.75, 3.05) is 26.2 Å². The zero-order valence-corrected chi connectivity index (χ0v) is 15.6. The Kier molecular flexibility index (Phi) is 67.4. The Bertz CT molecular complexity index is 196. The molecule has 21 heavy (non-hydrogen) atoms. The smallest absolute Gasteiger partial charge is 0.598 e. The Morgan fingerprint density at radius 2 is 0.810 bits per heavy atom. The first kappa shape index (κ1) is 37.9. The molecule has 17 heteroatoms. The van der Waals surface area contributed by atoms with Crippen molar-refractivity contribution in [2.24, 2.45) is 11.5 Å². The second-order valence-electron chi connectivity index (χ2n) is 2.00. The molecule has 12 nitrogen and oxygen atoms in total. The van der Waals surface area contributed by atoms with E-state index in [1.165, 1.54) is 0 Å². The van der Waals surface area contributed by atoms with E-state index in [1.54, 1.807) is 0 Å². The number of nitrogens with two attached hydrogens (primary N) is 2. The van der Waals surface area contributed by atoms with E-state index in [2.05, 4.69) is 5.32 Å². The number of hydrogen-bond acceptors (Lipinski definition) is 12. The van der Waals surface area contributed by atoms with E-state index in [1.807, 2.05) is 0 Å². The Balaban J connectivity index is -0.0000000359. The van der Waals surface area contributed by atoms with Crippen molar-refractivity contribution in [1.29, 1.82) is 0 Å². The molecule has 0 saturated carbocycles. The van der Waals surface area contributed by atoms with Crippen molar-refractivity contribution in [1.82, 2.24) is 5.32 Å². The van der Waals surface area contributed by atoms with Crippen LogP contribution < -0.4 is 46.1 Å². The number of nitrogens with one attached hydrogen (secondary N) is 1. The van der Waals surface area contributed by atoms with Gasteiger partial charge in [0.2, 0.25) is 0 Å². The van der Waals surface area contributed by atoms with E-state index in [0.29, 0.717) is 13.1 Å². The molecule has 0 bridgehead atoms. The number of rotatable bonds is 4. The molecule has 0 rings (SSSR count). The standard InChI is InChI=1S/C4H13N3.2Al.3HO3P/c5-1-3-7-4-2-6;;;3*1-4(2)3/h7H,1-6H2;;;3*(H,1,2,3)/q;2*+3;;;/p-3. The van der Waals surface area contributed by atoms with Gasteiger partial charge in [-0.1, -0.05) is 13.7 Å². The predicted octanol–water partition coefficient (Wildman–Crippen LogP) is -7.18. The van der Waals surface area contributed by atoms with Gasteiger partial charge in [-0.05, 0) is 0 Å². The quantitative estimate of drug-likeness (QED) is 0.228. The first-order valence-corrected chi connectivity index (χ1v) is 7.45. The fraction of sp³-hybridized carbons (Fsp3) is 1.00. The van der Waals surface area contributed by atoms with Crippen molar-refractivity contribution in [3.8, 4) is 0 Å². The van der Waals surface area contributed by atoms with E-state index in [9.17, 15) is 0 Å². The monoisotopic (exact) mass is 394 g/mol.